The first kappa shape index (κ1) is 13.4. The van der Waals surface area contributed by atoms with E-state index in [1.165, 1.54) is 0 Å². The second-order valence-corrected chi connectivity index (χ2v) is 5.32. The second kappa shape index (κ2) is 5.32. The maximum atomic E-state index is 12.3. The van der Waals surface area contributed by atoms with Gasteiger partial charge < -0.3 is 4.74 Å². The summed E-state index contributed by atoms with van der Waals surface area (Å²) in [5.74, 6) is 3.08. The van der Waals surface area contributed by atoms with Crippen LogP contribution >= 0.6 is 0 Å². The van der Waals surface area contributed by atoms with Crippen molar-refractivity contribution in [1.82, 2.24) is 0 Å². The number of carbonyl (C=O) groups is 1. The summed E-state index contributed by atoms with van der Waals surface area (Å²) in [6, 6.07) is 10.0. The number of cyclic esters (lactones) is 1. The molecule has 0 aliphatic carbocycles. The molecule has 0 aromatic heterocycles. The van der Waals surface area contributed by atoms with Gasteiger partial charge in [-0.2, -0.15) is 0 Å². The third kappa shape index (κ3) is 2.56. The summed E-state index contributed by atoms with van der Waals surface area (Å²) >= 11 is 0. The standard InChI is InChI=1S/C17H18O2/c1-4-8-15-12-17(13(2)3,16(18)19-15)11-14-9-6-5-7-10-14/h1,5-10,13H,11-12H2,2-3H3/b15-8+. The van der Waals surface area contributed by atoms with Crippen molar-refractivity contribution in [3.05, 3.63) is 47.7 Å². The Bertz CT molecular complexity index is 534. The lowest BCUT2D eigenvalue weighted by Gasteiger charge is -2.28. The highest BCUT2D eigenvalue weighted by Crippen LogP contribution is 2.45. The molecule has 0 bridgehead atoms. The highest BCUT2D eigenvalue weighted by atomic mass is 16.5. The summed E-state index contributed by atoms with van der Waals surface area (Å²) in [7, 11) is 0. The van der Waals surface area contributed by atoms with E-state index < -0.39 is 5.41 Å². The zero-order valence-corrected chi connectivity index (χ0v) is 11.3. The van der Waals surface area contributed by atoms with Crippen LogP contribution in [0.2, 0.25) is 0 Å². The predicted octanol–water partition coefficient (Wildman–Crippen LogP) is 3.34. The van der Waals surface area contributed by atoms with Crippen molar-refractivity contribution in [2.45, 2.75) is 26.7 Å². The van der Waals surface area contributed by atoms with Gasteiger partial charge in [-0.15, -0.1) is 6.42 Å². The Hall–Kier alpha value is -2.01. The molecule has 1 heterocycles. The van der Waals surface area contributed by atoms with Crippen molar-refractivity contribution < 1.29 is 9.53 Å². The average molecular weight is 254 g/mol. The summed E-state index contributed by atoms with van der Waals surface area (Å²) in [6.45, 7) is 4.12. The molecule has 2 nitrogen and oxygen atoms in total. The molecule has 0 radical (unpaired) electrons. The summed E-state index contributed by atoms with van der Waals surface area (Å²) in [5.41, 5.74) is 0.652. The van der Waals surface area contributed by atoms with Crippen LogP contribution < -0.4 is 0 Å². The van der Waals surface area contributed by atoms with E-state index in [0.29, 0.717) is 18.6 Å². The maximum Gasteiger partial charge on any atom is 0.318 e. The van der Waals surface area contributed by atoms with Gasteiger partial charge in [0.05, 0.1) is 5.41 Å². The van der Waals surface area contributed by atoms with E-state index in [-0.39, 0.29) is 11.9 Å². The summed E-state index contributed by atoms with van der Waals surface area (Å²) in [5, 5.41) is 0. The molecule has 1 saturated heterocycles. The van der Waals surface area contributed by atoms with Gasteiger partial charge in [0.1, 0.15) is 5.76 Å². The first-order chi connectivity index (χ1) is 9.08. The molecule has 1 fully saturated rings. The van der Waals surface area contributed by atoms with Gasteiger partial charge in [-0.05, 0) is 17.9 Å². The topological polar surface area (TPSA) is 26.3 Å². The van der Waals surface area contributed by atoms with E-state index in [1.54, 1.807) is 6.08 Å². The van der Waals surface area contributed by atoms with Crippen LogP contribution in [0.5, 0.6) is 0 Å². The lowest BCUT2D eigenvalue weighted by atomic mass is 9.71. The molecule has 1 aromatic rings. The number of carbonyl (C=O) groups excluding carboxylic acids is 1. The molecule has 1 aromatic carbocycles. The molecule has 1 aliphatic heterocycles. The quantitative estimate of drug-likeness (QED) is 0.611. The lowest BCUT2D eigenvalue weighted by molar-refractivity contribution is -0.146. The van der Waals surface area contributed by atoms with Crippen LogP contribution in [0.4, 0.5) is 0 Å². The van der Waals surface area contributed by atoms with Crippen LogP contribution in [-0.2, 0) is 16.0 Å². The summed E-state index contributed by atoms with van der Waals surface area (Å²) < 4.78 is 5.33. The van der Waals surface area contributed by atoms with Gasteiger partial charge in [-0.1, -0.05) is 50.1 Å². The number of terminal acetylenes is 1. The molecule has 19 heavy (non-hydrogen) atoms. The SMILES string of the molecule is C#C/C=C1\CC(Cc2ccccc2)(C(C)C)C(=O)O1. The average Bonchev–Trinajstić information content (AvgIpc) is 2.69. The molecule has 98 valence electrons. The van der Waals surface area contributed by atoms with Crippen LogP contribution in [0.1, 0.15) is 25.8 Å². The summed E-state index contributed by atoms with van der Waals surface area (Å²) in [4.78, 5) is 12.3. The number of rotatable bonds is 3. The van der Waals surface area contributed by atoms with Gasteiger partial charge in [0.25, 0.3) is 0 Å². The van der Waals surface area contributed by atoms with Gasteiger partial charge in [0.15, 0.2) is 0 Å². The molecule has 2 heteroatoms. The fourth-order valence-corrected chi connectivity index (χ4v) is 2.55. The first-order valence-electron chi connectivity index (χ1n) is 6.50. The van der Waals surface area contributed by atoms with Crippen LogP contribution in [-0.4, -0.2) is 5.97 Å². The van der Waals surface area contributed by atoms with Gasteiger partial charge in [0.2, 0.25) is 0 Å². The predicted molar refractivity (Wildman–Crippen MR) is 75.0 cm³/mol. The van der Waals surface area contributed by atoms with E-state index in [1.807, 2.05) is 30.3 Å². The Balaban J connectivity index is 2.32. The fraction of sp³-hybridized carbons (Fsp3) is 0.353. The lowest BCUT2D eigenvalue weighted by Crippen LogP contribution is -2.34. The molecule has 0 saturated carbocycles. The third-order valence-electron chi connectivity index (χ3n) is 3.83. The summed E-state index contributed by atoms with van der Waals surface area (Å²) in [6.07, 6.45) is 8.07. The second-order valence-electron chi connectivity index (χ2n) is 5.32. The van der Waals surface area contributed by atoms with Crippen LogP contribution in [0.15, 0.2) is 42.2 Å². The van der Waals surface area contributed by atoms with Crippen molar-refractivity contribution in [1.29, 1.82) is 0 Å². The first-order valence-corrected chi connectivity index (χ1v) is 6.50. The van der Waals surface area contributed by atoms with Crippen molar-refractivity contribution in [2.75, 3.05) is 0 Å². The Kier molecular flexibility index (Phi) is 3.76. The fourth-order valence-electron chi connectivity index (χ4n) is 2.55. The van der Waals surface area contributed by atoms with Crippen molar-refractivity contribution >= 4 is 5.97 Å². The van der Waals surface area contributed by atoms with Gasteiger partial charge in [-0.3, -0.25) is 4.79 Å². The van der Waals surface area contributed by atoms with Crippen molar-refractivity contribution in [3.8, 4) is 12.3 Å². The van der Waals surface area contributed by atoms with Crippen LogP contribution in [0.3, 0.4) is 0 Å². The van der Waals surface area contributed by atoms with E-state index in [0.717, 1.165) is 5.56 Å². The number of benzene rings is 1. The molecule has 0 amide bonds. The Morgan fingerprint density at radius 1 is 1.42 bits per heavy atom. The van der Waals surface area contributed by atoms with Crippen LogP contribution in [0.25, 0.3) is 0 Å². The number of esters is 1. The minimum Gasteiger partial charge on any atom is -0.430 e. The zero-order valence-electron chi connectivity index (χ0n) is 11.3. The number of hydrogen-bond donors (Lipinski definition) is 0. The normalized spacial score (nSPS) is 24.5. The third-order valence-corrected chi connectivity index (χ3v) is 3.83. The highest BCUT2D eigenvalue weighted by molar-refractivity contribution is 5.81. The zero-order chi connectivity index (χ0) is 13.9. The molecule has 1 unspecified atom stereocenters. The van der Waals surface area contributed by atoms with E-state index in [4.69, 9.17) is 11.2 Å². The van der Waals surface area contributed by atoms with Crippen molar-refractivity contribution in [2.24, 2.45) is 11.3 Å². The maximum absolute atomic E-state index is 12.3. The van der Waals surface area contributed by atoms with E-state index in [2.05, 4.69) is 19.8 Å². The largest absolute Gasteiger partial charge is 0.430 e. The Morgan fingerprint density at radius 3 is 2.68 bits per heavy atom. The molecule has 0 N–H and O–H groups in total. The van der Waals surface area contributed by atoms with Gasteiger partial charge in [-0.25, -0.2) is 0 Å². The number of allylic oxidation sites excluding steroid dienone is 2. The smallest absolute Gasteiger partial charge is 0.318 e. The van der Waals surface area contributed by atoms with Crippen LogP contribution in [0, 0.1) is 23.7 Å². The monoisotopic (exact) mass is 254 g/mol. The molecular weight excluding hydrogens is 236 g/mol. The molecule has 2 rings (SSSR count). The number of hydrogen-bond acceptors (Lipinski definition) is 2. The van der Waals surface area contributed by atoms with E-state index in [9.17, 15) is 4.79 Å². The van der Waals surface area contributed by atoms with E-state index >= 15 is 0 Å². The van der Waals surface area contributed by atoms with Gasteiger partial charge in [0, 0.05) is 12.5 Å². The molecule has 1 atom stereocenters. The van der Waals surface area contributed by atoms with Crippen molar-refractivity contribution in [3.63, 3.8) is 0 Å². The molecular formula is C17H18O2. The minimum absolute atomic E-state index is 0.159. The number of ether oxygens (including phenoxy) is 1. The Labute approximate surface area is 114 Å². The Morgan fingerprint density at radius 2 is 2.11 bits per heavy atom. The highest BCUT2D eigenvalue weighted by Gasteiger charge is 2.49. The minimum atomic E-state index is -0.496. The van der Waals surface area contributed by atoms with Gasteiger partial charge >= 0.3 is 5.97 Å². The molecule has 0 spiro atoms. The molecule has 1 aliphatic rings.